The summed E-state index contributed by atoms with van der Waals surface area (Å²) >= 11 is 0. The van der Waals surface area contributed by atoms with Gasteiger partial charge < -0.3 is 29.2 Å². The lowest BCUT2D eigenvalue weighted by molar-refractivity contribution is -0.143. The molecule has 220 valence electrons. The molecule has 0 fully saturated rings. The second kappa shape index (κ2) is 16.8. The van der Waals surface area contributed by atoms with Gasteiger partial charge in [-0.15, -0.1) is 13.2 Å². The number of esters is 2. The van der Waals surface area contributed by atoms with Crippen molar-refractivity contribution in [2.24, 2.45) is 0 Å². The van der Waals surface area contributed by atoms with Gasteiger partial charge in [-0.05, 0) is 67.5 Å². The minimum atomic E-state index is -0.981. The van der Waals surface area contributed by atoms with Crippen LogP contribution in [0.25, 0.3) is 0 Å². The molecule has 0 saturated heterocycles. The molecule has 41 heavy (non-hydrogen) atoms. The fraction of sp³-hybridized carbons (Fsp3) is 0.333. The summed E-state index contributed by atoms with van der Waals surface area (Å²) in [6.07, 6.45) is 3.38. The van der Waals surface area contributed by atoms with E-state index in [2.05, 4.69) is 26.3 Å². The van der Waals surface area contributed by atoms with Crippen molar-refractivity contribution in [1.82, 2.24) is 0 Å². The molecule has 0 aliphatic rings. The molecule has 0 aromatic heterocycles. The molecule has 0 amide bonds. The maximum atomic E-state index is 11.5. The molecule has 0 aliphatic carbocycles. The Labute approximate surface area is 242 Å². The highest BCUT2D eigenvalue weighted by atomic mass is 16.6. The highest BCUT2D eigenvalue weighted by Crippen LogP contribution is 2.26. The van der Waals surface area contributed by atoms with E-state index in [4.69, 9.17) is 18.9 Å². The molecule has 2 rings (SSSR count). The Morgan fingerprint density at radius 1 is 0.732 bits per heavy atom. The van der Waals surface area contributed by atoms with Gasteiger partial charge in [0.25, 0.3) is 0 Å². The van der Waals surface area contributed by atoms with Crippen LogP contribution >= 0.6 is 0 Å². The molecule has 0 radical (unpaired) electrons. The number of aliphatic hydroxyl groups excluding tert-OH is 2. The summed E-state index contributed by atoms with van der Waals surface area (Å²) in [5.41, 5.74) is 4.46. The normalized spacial score (nSPS) is 12.0. The van der Waals surface area contributed by atoms with E-state index in [0.29, 0.717) is 30.8 Å². The lowest BCUT2D eigenvalue weighted by Gasteiger charge is -2.17. The number of hydrogen-bond donors (Lipinski definition) is 2. The van der Waals surface area contributed by atoms with Gasteiger partial charge in [-0.3, -0.25) is 0 Å². The van der Waals surface area contributed by atoms with Crippen LogP contribution in [0.4, 0.5) is 0 Å². The largest absolute Gasteiger partial charge is 0.490 e. The van der Waals surface area contributed by atoms with Crippen molar-refractivity contribution in [1.29, 1.82) is 0 Å². The molecule has 0 aliphatic heterocycles. The number of allylic oxidation sites excluding steroid dienone is 2. The number of ether oxygens (including phenoxy) is 4. The number of aliphatic hydroxyl groups is 2. The summed E-state index contributed by atoms with van der Waals surface area (Å²) in [6, 6.07) is 11.7. The number of carbonyl (C=O) groups excluding carboxylic acids is 2. The average molecular weight is 565 g/mol. The van der Waals surface area contributed by atoms with Crippen molar-refractivity contribution in [3.63, 3.8) is 0 Å². The summed E-state index contributed by atoms with van der Waals surface area (Å²) in [4.78, 5) is 23.0. The van der Waals surface area contributed by atoms with Gasteiger partial charge >= 0.3 is 11.9 Å². The van der Waals surface area contributed by atoms with Crippen LogP contribution in [0, 0.1) is 0 Å². The van der Waals surface area contributed by atoms with Crippen molar-refractivity contribution < 1.29 is 38.7 Å². The van der Waals surface area contributed by atoms with Crippen LogP contribution in [-0.4, -0.2) is 60.8 Å². The van der Waals surface area contributed by atoms with E-state index < -0.39 is 24.1 Å². The lowest BCUT2D eigenvalue weighted by atomic mass is 9.98. The van der Waals surface area contributed by atoms with Crippen molar-refractivity contribution in [3.05, 3.63) is 108 Å². The van der Waals surface area contributed by atoms with Crippen molar-refractivity contribution in [2.75, 3.05) is 26.4 Å². The van der Waals surface area contributed by atoms with Crippen LogP contribution in [0.5, 0.6) is 11.5 Å². The molecule has 0 heterocycles. The maximum absolute atomic E-state index is 11.5. The number of rotatable bonds is 18. The molecule has 2 aromatic carbocycles. The molecule has 2 unspecified atom stereocenters. The molecule has 0 spiro atoms. The highest BCUT2D eigenvalue weighted by molar-refractivity contribution is 5.87. The van der Waals surface area contributed by atoms with Crippen molar-refractivity contribution in [3.8, 4) is 11.5 Å². The molecule has 2 N–H and O–H groups in total. The molecular formula is C33H40O8. The molecule has 8 heteroatoms. The minimum Gasteiger partial charge on any atom is -0.490 e. The summed E-state index contributed by atoms with van der Waals surface area (Å²) < 4.78 is 21.6. The topological polar surface area (TPSA) is 112 Å². The first kappa shape index (κ1) is 33.1. The summed E-state index contributed by atoms with van der Waals surface area (Å²) in [5, 5.41) is 20.3. The third kappa shape index (κ3) is 11.5. The minimum absolute atomic E-state index is 0.0373. The van der Waals surface area contributed by atoms with Crippen LogP contribution < -0.4 is 9.47 Å². The molecule has 0 bridgehead atoms. The summed E-state index contributed by atoms with van der Waals surface area (Å²) in [7, 11) is 0. The van der Waals surface area contributed by atoms with Gasteiger partial charge in [0.1, 0.15) is 50.1 Å². The predicted molar refractivity (Wildman–Crippen MR) is 158 cm³/mol. The van der Waals surface area contributed by atoms with Gasteiger partial charge in [0, 0.05) is 11.1 Å². The fourth-order valence-electron chi connectivity index (χ4n) is 3.69. The molecule has 0 saturated carbocycles. The summed E-state index contributed by atoms with van der Waals surface area (Å²) in [5.74, 6) is 0.108. The van der Waals surface area contributed by atoms with E-state index in [1.54, 1.807) is 12.2 Å². The Hall–Kier alpha value is -4.14. The van der Waals surface area contributed by atoms with E-state index >= 15 is 0 Å². The van der Waals surface area contributed by atoms with Crippen LogP contribution in [0.15, 0.2) is 86.0 Å². The fourth-order valence-corrected chi connectivity index (χ4v) is 3.69. The van der Waals surface area contributed by atoms with E-state index in [-0.39, 0.29) is 37.6 Å². The first-order valence-electron chi connectivity index (χ1n) is 13.3. The van der Waals surface area contributed by atoms with Gasteiger partial charge in [-0.1, -0.05) is 49.6 Å². The van der Waals surface area contributed by atoms with Crippen LogP contribution in [0.2, 0.25) is 0 Å². The Kier molecular flexibility index (Phi) is 13.6. The van der Waals surface area contributed by atoms with E-state index in [1.807, 2.05) is 36.4 Å². The SMILES string of the molecule is C=CCc1cc(Cc2ccc(OCC(O)COC(=O)C(=C)C)c(CC=C)c2)ccc1OCC(O)COC(=O)C(=C)C. The first-order chi connectivity index (χ1) is 19.5. The Morgan fingerprint density at radius 3 is 1.46 bits per heavy atom. The molecule has 2 atom stereocenters. The average Bonchev–Trinajstić information content (AvgIpc) is 2.93. The zero-order valence-electron chi connectivity index (χ0n) is 23.9. The molecular weight excluding hydrogens is 524 g/mol. The second-order valence-electron chi connectivity index (χ2n) is 9.73. The van der Waals surface area contributed by atoms with Gasteiger partial charge in [0.15, 0.2) is 0 Å². The second-order valence-corrected chi connectivity index (χ2v) is 9.73. The molecule has 8 nitrogen and oxygen atoms in total. The van der Waals surface area contributed by atoms with Gasteiger partial charge in [-0.25, -0.2) is 9.59 Å². The van der Waals surface area contributed by atoms with Crippen molar-refractivity contribution >= 4 is 11.9 Å². The van der Waals surface area contributed by atoms with Crippen LogP contribution in [-0.2, 0) is 38.3 Å². The van der Waals surface area contributed by atoms with Crippen LogP contribution in [0.1, 0.15) is 36.1 Å². The standard InChI is InChI=1S/C33H40O8/c1-7-9-26-16-24(11-13-30(26)38-18-28(34)20-40-32(36)22(3)4)15-25-12-14-31(27(17-25)10-8-2)39-19-29(35)21-41-33(37)23(5)6/h7-8,11-14,16-17,28-29,34-35H,1-3,5,9-10,15,18-21H2,4,6H3. The van der Waals surface area contributed by atoms with Crippen LogP contribution in [0.3, 0.4) is 0 Å². The van der Waals surface area contributed by atoms with Crippen molar-refractivity contribution in [2.45, 2.75) is 45.3 Å². The zero-order valence-corrected chi connectivity index (χ0v) is 23.9. The quantitative estimate of drug-likeness (QED) is 0.155. The monoisotopic (exact) mass is 564 g/mol. The first-order valence-corrected chi connectivity index (χ1v) is 13.3. The smallest absolute Gasteiger partial charge is 0.333 e. The Balaban J connectivity index is 2.05. The number of hydrogen-bond acceptors (Lipinski definition) is 8. The van der Waals surface area contributed by atoms with Gasteiger partial charge in [0.05, 0.1) is 0 Å². The van der Waals surface area contributed by atoms with E-state index in [9.17, 15) is 19.8 Å². The third-order valence-electron chi connectivity index (χ3n) is 5.76. The van der Waals surface area contributed by atoms with E-state index in [1.165, 1.54) is 13.8 Å². The summed E-state index contributed by atoms with van der Waals surface area (Å²) in [6.45, 7) is 17.3. The maximum Gasteiger partial charge on any atom is 0.333 e. The van der Waals surface area contributed by atoms with Gasteiger partial charge in [0.2, 0.25) is 0 Å². The van der Waals surface area contributed by atoms with E-state index in [0.717, 1.165) is 22.3 Å². The number of benzene rings is 2. The Morgan fingerprint density at radius 2 is 1.12 bits per heavy atom. The Bertz CT molecular complexity index is 1150. The molecule has 2 aromatic rings. The lowest BCUT2D eigenvalue weighted by Crippen LogP contribution is -2.25. The zero-order chi connectivity index (χ0) is 30.4. The third-order valence-corrected chi connectivity index (χ3v) is 5.76. The number of carbonyl (C=O) groups is 2. The predicted octanol–water partition coefficient (Wildman–Crippen LogP) is 4.45. The highest BCUT2D eigenvalue weighted by Gasteiger charge is 2.14. The van der Waals surface area contributed by atoms with Gasteiger partial charge in [-0.2, -0.15) is 0 Å².